The Kier molecular flexibility index (Phi) is 3.33. The van der Waals surface area contributed by atoms with Crippen LogP contribution in [0.2, 0.25) is 0 Å². The van der Waals surface area contributed by atoms with Crippen molar-refractivity contribution in [3.63, 3.8) is 0 Å². The van der Waals surface area contributed by atoms with E-state index in [1.165, 1.54) is 5.56 Å². The molecule has 0 saturated carbocycles. The van der Waals surface area contributed by atoms with Crippen LogP contribution in [0.4, 0.5) is 0 Å². The van der Waals surface area contributed by atoms with Gasteiger partial charge in [0.2, 0.25) is 5.88 Å². The maximum Gasteiger partial charge on any atom is 0.219 e. The van der Waals surface area contributed by atoms with E-state index in [9.17, 15) is 0 Å². The highest BCUT2D eigenvalue weighted by Gasteiger charge is 2.32. The Bertz CT molecular complexity index is 666. The van der Waals surface area contributed by atoms with E-state index >= 15 is 0 Å². The molecule has 21 heavy (non-hydrogen) atoms. The van der Waals surface area contributed by atoms with Crippen molar-refractivity contribution in [2.75, 3.05) is 0 Å². The van der Waals surface area contributed by atoms with Gasteiger partial charge in [-0.1, -0.05) is 12.1 Å². The molecule has 0 bridgehead atoms. The van der Waals surface area contributed by atoms with E-state index in [4.69, 9.17) is 15.2 Å². The van der Waals surface area contributed by atoms with Gasteiger partial charge in [-0.3, -0.25) is 0 Å². The van der Waals surface area contributed by atoms with Crippen molar-refractivity contribution < 1.29 is 9.47 Å². The molecule has 3 rings (SSSR count). The molecule has 0 saturated heterocycles. The Labute approximate surface area is 124 Å². The first-order valence-corrected chi connectivity index (χ1v) is 7.15. The summed E-state index contributed by atoms with van der Waals surface area (Å²) in [6.45, 7) is 6.09. The van der Waals surface area contributed by atoms with Crippen LogP contribution in [0.3, 0.4) is 0 Å². The highest BCUT2D eigenvalue weighted by atomic mass is 16.5. The molecule has 0 unspecified atom stereocenters. The first kappa shape index (κ1) is 13.9. The number of aromatic nitrogens is 1. The molecular weight excluding hydrogens is 264 g/mol. The molecule has 4 heteroatoms. The molecule has 0 radical (unpaired) electrons. The van der Waals surface area contributed by atoms with E-state index in [0.29, 0.717) is 11.6 Å². The fraction of sp³-hybridized carbons (Fsp3) is 0.353. The number of hydrogen-bond donors (Lipinski definition) is 1. The average molecular weight is 284 g/mol. The molecule has 0 spiro atoms. The summed E-state index contributed by atoms with van der Waals surface area (Å²) >= 11 is 0. The Hall–Kier alpha value is -2.07. The molecule has 0 amide bonds. The minimum absolute atomic E-state index is 0.0491. The summed E-state index contributed by atoms with van der Waals surface area (Å²) in [7, 11) is 0. The van der Waals surface area contributed by atoms with Crippen molar-refractivity contribution in [1.82, 2.24) is 4.98 Å². The summed E-state index contributed by atoms with van der Waals surface area (Å²) in [5.74, 6) is 2.05. The Morgan fingerprint density at radius 1 is 1.33 bits per heavy atom. The minimum atomic E-state index is -0.192. The third-order valence-corrected chi connectivity index (χ3v) is 3.55. The van der Waals surface area contributed by atoms with E-state index in [0.717, 1.165) is 17.7 Å². The average Bonchev–Trinajstić information content (AvgIpc) is 2.74. The van der Waals surface area contributed by atoms with Gasteiger partial charge in [-0.25, -0.2) is 4.98 Å². The second kappa shape index (κ2) is 5.04. The second-order valence-corrected chi connectivity index (χ2v) is 6.10. The van der Waals surface area contributed by atoms with Gasteiger partial charge in [0.1, 0.15) is 5.60 Å². The standard InChI is InChI=1S/C17H20N2O2/c1-11(18)12-7-8-19-15(9-12)20-14-6-4-5-13-10-17(2,3)21-16(13)14/h4-9,11H,10,18H2,1-3H3/t11-/m0/s1. The fourth-order valence-electron chi connectivity index (χ4n) is 2.54. The monoisotopic (exact) mass is 284 g/mol. The minimum Gasteiger partial charge on any atom is -0.483 e. The number of rotatable bonds is 3. The van der Waals surface area contributed by atoms with Crippen molar-refractivity contribution in [3.05, 3.63) is 47.7 Å². The van der Waals surface area contributed by atoms with E-state index in [1.54, 1.807) is 6.20 Å². The molecule has 0 aliphatic carbocycles. The molecule has 1 aromatic carbocycles. The lowest BCUT2D eigenvalue weighted by Crippen LogP contribution is -2.24. The van der Waals surface area contributed by atoms with E-state index < -0.39 is 0 Å². The summed E-state index contributed by atoms with van der Waals surface area (Å²) in [5.41, 5.74) is 7.86. The fourth-order valence-corrected chi connectivity index (χ4v) is 2.54. The number of para-hydroxylation sites is 1. The summed E-state index contributed by atoms with van der Waals surface area (Å²) in [6, 6.07) is 9.67. The number of nitrogens with two attached hydrogens (primary N) is 1. The summed E-state index contributed by atoms with van der Waals surface area (Å²) < 4.78 is 11.9. The smallest absolute Gasteiger partial charge is 0.219 e. The normalized spacial score (nSPS) is 17.0. The maximum absolute atomic E-state index is 6.00. The van der Waals surface area contributed by atoms with Crippen LogP contribution in [0.25, 0.3) is 0 Å². The van der Waals surface area contributed by atoms with Crippen molar-refractivity contribution in [1.29, 1.82) is 0 Å². The number of fused-ring (bicyclic) bond motifs is 1. The second-order valence-electron chi connectivity index (χ2n) is 6.10. The molecule has 1 aliphatic rings. The predicted molar refractivity (Wildman–Crippen MR) is 81.8 cm³/mol. The van der Waals surface area contributed by atoms with Crippen molar-refractivity contribution in [2.45, 2.75) is 38.8 Å². The molecule has 1 aromatic heterocycles. The lowest BCUT2D eigenvalue weighted by atomic mass is 10.0. The quantitative estimate of drug-likeness (QED) is 0.935. The van der Waals surface area contributed by atoms with Crippen molar-refractivity contribution in [3.8, 4) is 17.4 Å². The van der Waals surface area contributed by atoms with Gasteiger partial charge >= 0.3 is 0 Å². The van der Waals surface area contributed by atoms with Crippen LogP contribution >= 0.6 is 0 Å². The van der Waals surface area contributed by atoms with Crippen LogP contribution in [-0.2, 0) is 6.42 Å². The molecule has 110 valence electrons. The zero-order chi connectivity index (χ0) is 15.0. The van der Waals surface area contributed by atoms with Crippen LogP contribution in [-0.4, -0.2) is 10.6 Å². The van der Waals surface area contributed by atoms with Gasteiger partial charge in [0.25, 0.3) is 0 Å². The van der Waals surface area contributed by atoms with E-state index in [-0.39, 0.29) is 11.6 Å². The molecule has 1 aliphatic heterocycles. The zero-order valence-electron chi connectivity index (χ0n) is 12.6. The Morgan fingerprint density at radius 2 is 2.14 bits per heavy atom. The van der Waals surface area contributed by atoms with Gasteiger partial charge in [0, 0.05) is 30.3 Å². The number of nitrogens with zero attached hydrogens (tertiary/aromatic N) is 1. The van der Waals surface area contributed by atoms with Gasteiger partial charge in [-0.2, -0.15) is 0 Å². The third kappa shape index (κ3) is 2.85. The molecule has 1 atom stereocenters. The number of hydrogen-bond acceptors (Lipinski definition) is 4. The topological polar surface area (TPSA) is 57.4 Å². The first-order valence-electron chi connectivity index (χ1n) is 7.15. The van der Waals surface area contributed by atoms with Gasteiger partial charge < -0.3 is 15.2 Å². The first-order chi connectivity index (χ1) is 9.94. The SMILES string of the molecule is C[C@H](N)c1ccnc(Oc2cccc3c2OC(C)(C)C3)c1. The molecule has 4 nitrogen and oxygen atoms in total. The van der Waals surface area contributed by atoms with Gasteiger partial charge in [0.15, 0.2) is 11.5 Å². The van der Waals surface area contributed by atoms with E-state index in [2.05, 4.69) is 24.9 Å². The summed E-state index contributed by atoms with van der Waals surface area (Å²) in [5, 5.41) is 0. The lowest BCUT2D eigenvalue weighted by Gasteiger charge is -2.18. The van der Waals surface area contributed by atoms with Crippen molar-refractivity contribution in [2.24, 2.45) is 5.73 Å². The van der Waals surface area contributed by atoms with Crippen LogP contribution in [0.15, 0.2) is 36.5 Å². The summed E-state index contributed by atoms with van der Waals surface area (Å²) in [4.78, 5) is 4.25. The molecule has 0 fully saturated rings. The van der Waals surface area contributed by atoms with Crippen LogP contribution < -0.4 is 15.2 Å². The van der Waals surface area contributed by atoms with Gasteiger partial charge in [0.05, 0.1) is 0 Å². The van der Waals surface area contributed by atoms with Gasteiger partial charge in [-0.05, 0) is 38.5 Å². The zero-order valence-corrected chi connectivity index (χ0v) is 12.6. The number of ether oxygens (including phenoxy) is 2. The number of benzene rings is 1. The Balaban J connectivity index is 1.90. The highest BCUT2D eigenvalue weighted by Crippen LogP contribution is 2.43. The number of pyridine rings is 1. The Morgan fingerprint density at radius 3 is 2.90 bits per heavy atom. The molecule has 2 N–H and O–H groups in total. The predicted octanol–water partition coefficient (Wildman–Crippen LogP) is 3.61. The van der Waals surface area contributed by atoms with Crippen LogP contribution in [0.5, 0.6) is 17.4 Å². The molecule has 2 aromatic rings. The largest absolute Gasteiger partial charge is 0.483 e. The van der Waals surface area contributed by atoms with Crippen molar-refractivity contribution >= 4 is 0 Å². The molecule has 2 heterocycles. The van der Waals surface area contributed by atoms with E-state index in [1.807, 2.05) is 31.2 Å². The van der Waals surface area contributed by atoms with Crippen LogP contribution in [0, 0.1) is 0 Å². The van der Waals surface area contributed by atoms with Crippen LogP contribution in [0.1, 0.15) is 37.9 Å². The lowest BCUT2D eigenvalue weighted by molar-refractivity contribution is 0.135. The van der Waals surface area contributed by atoms with Gasteiger partial charge in [-0.15, -0.1) is 0 Å². The summed E-state index contributed by atoms with van der Waals surface area (Å²) in [6.07, 6.45) is 2.59. The highest BCUT2D eigenvalue weighted by molar-refractivity contribution is 5.51. The third-order valence-electron chi connectivity index (χ3n) is 3.55. The maximum atomic E-state index is 6.00. The molecular formula is C17H20N2O2.